The van der Waals surface area contributed by atoms with Crippen molar-refractivity contribution < 1.29 is 9.53 Å². The van der Waals surface area contributed by atoms with E-state index in [4.69, 9.17) is 10.5 Å². The maximum absolute atomic E-state index is 12.5. The van der Waals surface area contributed by atoms with E-state index in [0.717, 1.165) is 17.1 Å². The van der Waals surface area contributed by atoms with E-state index in [0.29, 0.717) is 23.1 Å². The van der Waals surface area contributed by atoms with Crippen molar-refractivity contribution in [2.75, 3.05) is 18.2 Å². The molecule has 146 valence electrons. The molecule has 3 aromatic rings. The average molecular weight is 398 g/mol. The molecule has 0 aliphatic carbocycles. The maximum Gasteiger partial charge on any atom is 0.237 e. The standard InChI is InChI=1S/C20H23N5O2S/c1-4-25-18(14-5-11-17(27-3)12-6-14)23-24-20(25)28-13(2)19(26)22-16-9-7-15(21)8-10-16/h5-13H,4,21H2,1-3H3,(H,22,26)/t13-/m0/s1. The van der Waals surface area contributed by atoms with E-state index < -0.39 is 0 Å². The lowest BCUT2D eigenvalue weighted by atomic mass is 10.2. The van der Waals surface area contributed by atoms with Gasteiger partial charge in [-0.3, -0.25) is 4.79 Å². The molecule has 3 N–H and O–H groups in total. The summed E-state index contributed by atoms with van der Waals surface area (Å²) >= 11 is 1.38. The molecule has 1 aromatic heterocycles. The Bertz CT molecular complexity index is 938. The number of rotatable bonds is 7. The second-order valence-corrected chi connectivity index (χ2v) is 7.46. The van der Waals surface area contributed by atoms with Crippen molar-refractivity contribution in [1.82, 2.24) is 14.8 Å². The van der Waals surface area contributed by atoms with Gasteiger partial charge in [-0.25, -0.2) is 0 Å². The van der Waals surface area contributed by atoms with Crippen molar-refractivity contribution >= 4 is 29.0 Å². The van der Waals surface area contributed by atoms with E-state index in [9.17, 15) is 4.79 Å². The van der Waals surface area contributed by atoms with Gasteiger partial charge in [0.15, 0.2) is 11.0 Å². The SMILES string of the molecule is CCn1c(S[C@@H](C)C(=O)Nc2ccc(N)cc2)nnc1-c1ccc(OC)cc1. The number of methoxy groups -OCH3 is 1. The molecule has 0 aliphatic heterocycles. The Morgan fingerprint density at radius 3 is 2.46 bits per heavy atom. The Labute approximate surface area is 168 Å². The Kier molecular flexibility index (Phi) is 6.20. The first-order chi connectivity index (χ1) is 13.5. The molecule has 0 spiro atoms. The van der Waals surface area contributed by atoms with Crippen LogP contribution in [0.5, 0.6) is 5.75 Å². The molecule has 0 saturated carbocycles. The normalized spacial score (nSPS) is 11.8. The first-order valence-corrected chi connectivity index (χ1v) is 9.80. The minimum absolute atomic E-state index is 0.105. The quantitative estimate of drug-likeness (QED) is 0.466. The van der Waals surface area contributed by atoms with Crippen LogP contribution in [0.25, 0.3) is 11.4 Å². The van der Waals surface area contributed by atoms with Gasteiger partial charge in [0.2, 0.25) is 5.91 Å². The lowest BCUT2D eigenvalue weighted by Crippen LogP contribution is -2.23. The summed E-state index contributed by atoms with van der Waals surface area (Å²) < 4.78 is 7.20. The van der Waals surface area contributed by atoms with Crippen LogP contribution in [0.3, 0.4) is 0 Å². The van der Waals surface area contributed by atoms with Crippen molar-refractivity contribution in [3.8, 4) is 17.1 Å². The van der Waals surface area contributed by atoms with Crippen LogP contribution in [0.2, 0.25) is 0 Å². The molecule has 0 saturated heterocycles. The summed E-state index contributed by atoms with van der Waals surface area (Å²) in [5, 5.41) is 11.9. The van der Waals surface area contributed by atoms with Gasteiger partial charge in [-0.2, -0.15) is 0 Å². The predicted molar refractivity (Wildman–Crippen MR) is 112 cm³/mol. The minimum atomic E-state index is -0.337. The molecule has 0 aliphatic rings. The third kappa shape index (κ3) is 4.45. The number of benzene rings is 2. The van der Waals surface area contributed by atoms with E-state index in [-0.39, 0.29) is 11.2 Å². The monoisotopic (exact) mass is 397 g/mol. The Morgan fingerprint density at radius 2 is 1.86 bits per heavy atom. The molecular weight excluding hydrogens is 374 g/mol. The lowest BCUT2D eigenvalue weighted by Gasteiger charge is -2.13. The Hall–Kier alpha value is -3.00. The molecule has 0 bridgehead atoms. The van der Waals surface area contributed by atoms with Crippen molar-refractivity contribution in [2.24, 2.45) is 0 Å². The first-order valence-electron chi connectivity index (χ1n) is 8.92. The number of hydrogen-bond acceptors (Lipinski definition) is 6. The third-order valence-electron chi connectivity index (χ3n) is 4.21. The van der Waals surface area contributed by atoms with Crippen LogP contribution in [0.4, 0.5) is 11.4 Å². The smallest absolute Gasteiger partial charge is 0.237 e. The van der Waals surface area contributed by atoms with Gasteiger partial charge >= 0.3 is 0 Å². The molecule has 28 heavy (non-hydrogen) atoms. The molecule has 3 rings (SSSR count). The van der Waals surface area contributed by atoms with Crippen LogP contribution in [-0.2, 0) is 11.3 Å². The number of amides is 1. The van der Waals surface area contributed by atoms with Gasteiger partial charge < -0.3 is 20.4 Å². The predicted octanol–water partition coefficient (Wildman–Crippen LogP) is 3.68. The van der Waals surface area contributed by atoms with Crippen LogP contribution < -0.4 is 15.8 Å². The van der Waals surface area contributed by atoms with Gasteiger partial charge in [0.05, 0.1) is 12.4 Å². The number of hydrogen-bond donors (Lipinski definition) is 2. The Morgan fingerprint density at radius 1 is 1.18 bits per heavy atom. The van der Waals surface area contributed by atoms with Gasteiger partial charge in [0.1, 0.15) is 5.75 Å². The fourth-order valence-corrected chi connectivity index (χ4v) is 3.55. The molecule has 0 radical (unpaired) electrons. The number of nitrogen functional groups attached to an aromatic ring is 1. The third-order valence-corrected chi connectivity index (χ3v) is 5.29. The summed E-state index contributed by atoms with van der Waals surface area (Å²) in [6.07, 6.45) is 0. The highest BCUT2D eigenvalue weighted by Gasteiger charge is 2.20. The van der Waals surface area contributed by atoms with E-state index in [2.05, 4.69) is 15.5 Å². The second kappa shape index (κ2) is 8.79. The highest BCUT2D eigenvalue weighted by Crippen LogP contribution is 2.28. The maximum atomic E-state index is 12.5. The number of nitrogens with zero attached hydrogens (tertiary/aromatic N) is 3. The van der Waals surface area contributed by atoms with Gasteiger partial charge in [-0.05, 0) is 62.4 Å². The fourth-order valence-electron chi connectivity index (χ4n) is 2.64. The highest BCUT2D eigenvalue weighted by atomic mass is 32.2. The largest absolute Gasteiger partial charge is 0.497 e. The number of carbonyl (C=O) groups is 1. The van der Waals surface area contributed by atoms with Gasteiger partial charge in [-0.1, -0.05) is 11.8 Å². The Balaban J connectivity index is 1.73. The summed E-state index contributed by atoms with van der Waals surface area (Å²) in [5.74, 6) is 1.44. The second-order valence-electron chi connectivity index (χ2n) is 6.15. The molecule has 2 aromatic carbocycles. The number of nitrogens with two attached hydrogens (primary N) is 1. The van der Waals surface area contributed by atoms with Crippen molar-refractivity contribution in [1.29, 1.82) is 0 Å². The molecule has 1 amide bonds. The molecule has 7 nitrogen and oxygen atoms in total. The zero-order chi connectivity index (χ0) is 20.1. The topological polar surface area (TPSA) is 95.1 Å². The number of aromatic nitrogens is 3. The van der Waals surface area contributed by atoms with Crippen LogP contribution in [-0.4, -0.2) is 33.0 Å². The van der Waals surface area contributed by atoms with Crippen molar-refractivity contribution in [2.45, 2.75) is 30.8 Å². The minimum Gasteiger partial charge on any atom is -0.497 e. The molecule has 8 heteroatoms. The molecule has 1 atom stereocenters. The van der Waals surface area contributed by atoms with Gasteiger partial charge in [0.25, 0.3) is 0 Å². The fraction of sp³-hybridized carbons (Fsp3) is 0.250. The number of carbonyl (C=O) groups excluding carboxylic acids is 1. The molecule has 0 fully saturated rings. The molecule has 0 unspecified atom stereocenters. The van der Waals surface area contributed by atoms with Gasteiger partial charge in [-0.15, -0.1) is 10.2 Å². The van der Waals surface area contributed by atoms with E-state index in [1.807, 2.05) is 42.7 Å². The summed E-state index contributed by atoms with van der Waals surface area (Å²) in [7, 11) is 1.63. The summed E-state index contributed by atoms with van der Waals surface area (Å²) in [5.41, 5.74) is 7.99. The zero-order valence-corrected chi connectivity index (χ0v) is 16.9. The highest BCUT2D eigenvalue weighted by molar-refractivity contribution is 8.00. The summed E-state index contributed by atoms with van der Waals surface area (Å²) in [4.78, 5) is 12.5. The van der Waals surface area contributed by atoms with Crippen molar-refractivity contribution in [3.63, 3.8) is 0 Å². The number of nitrogens with one attached hydrogen (secondary N) is 1. The van der Waals surface area contributed by atoms with Crippen LogP contribution in [0, 0.1) is 0 Å². The van der Waals surface area contributed by atoms with Crippen LogP contribution >= 0.6 is 11.8 Å². The molecular formula is C20H23N5O2S. The number of anilines is 2. The van der Waals surface area contributed by atoms with Crippen LogP contribution in [0.1, 0.15) is 13.8 Å². The van der Waals surface area contributed by atoms with E-state index >= 15 is 0 Å². The first kappa shape index (κ1) is 19.8. The number of thioether (sulfide) groups is 1. The summed E-state index contributed by atoms with van der Waals surface area (Å²) in [6, 6.07) is 14.7. The molecule has 1 heterocycles. The van der Waals surface area contributed by atoms with Gasteiger partial charge in [0, 0.05) is 23.5 Å². The van der Waals surface area contributed by atoms with Crippen LogP contribution in [0.15, 0.2) is 53.7 Å². The van der Waals surface area contributed by atoms with E-state index in [1.165, 1.54) is 11.8 Å². The summed E-state index contributed by atoms with van der Waals surface area (Å²) in [6.45, 7) is 4.57. The lowest BCUT2D eigenvalue weighted by molar-refractivity contribution is -0.115. The average Bonchev–Trinajstić information content (AvgIpc) is 3.12. The zero-order valence-electron chi connectivity index (χ0n) is 16.0. The van der Waals surface area contributed by atoms with Crippen molar-refractivity contribution in [3.05, 3.63) is 48.5 Å². The number of ether oxygens (including phenoxy) is 1. The van der Waals surface area contributed by atoms with E-state index in [1.54, 1.807) is 31.4 Å².